The Bertz CT molecular complexity index is 364. The standard InChI is InChI=1S/C13H19ClN2S/c1-17-13-3-2-12(14)10-11(13)4-7-16-8-5-15-6-9-16/h2-3,10,15H,4-9H2,1H3. The van der Waals surface area contributed by atoms with Gasteiger partial charge < -0.3 is 10.2 Å². The molecule has 4 heteroatoms. The summed E-state index contributed by atoms with van der Waals surface area (Å²) >= 11 is 7.86. The Morgan fingerprint density at radius 3 is 2.82 bits per heavy atom. The van der Waals surface area contributed by atoms with Crippen molar-refractivity contribution in [2.45, 2.75) is 11.3 Å². The van der Waals surface area contributed by atoms with E-state index in [1.165, 1.54) is 10.5 Å². The third-order valence-corrected chi connectivity index (χ3v) is 4.22. The lowest BCUT2D eigenvalue weighted by molar-refractivity contribution is 0.243. The first-order valence-electron chi connectivity index (χ1n) is 6.05. The average Bonchev–Trinajstić information content (AvgIpc) is 2.38. The molecule has 0 unspecified atom stereocenters. The second-order valence-corrected chi connectivity index (χ2v) is 5.58. The molecule has 1 aliphatic heterocycles. The van der Waals surface area contributed by atoms with Crippen molar-refractivity contribution < 1.29 is 0 Å². The van der Waals surface area contributed by atoms with Crippen molar-refractivity contribution in [1.82, 2.24) is 10.2 Å². The maximum Gasteiger partial charge on any atom is 0.0409 e. The van der Waals surface area contributed by atoms with Gasteiger partial charge in [0.2, 0.25) is 0 Å². The van der Waals surface area contributed by atoms with Crippen LogP contribution in [0.5, 0.6) is 0 Å². The van der Waals surface area contributed by atoms with Gasteiger partial charge >= 0.3 is 0 Å². The molecule has 0 amide bonds. The molecule has 1 aliphatic rings. The summed E-state index contributed by atoms with van der Waals surface area (Å²) < 4.78 is 0. The third kappa shape index (κ3) is 3.88. The van der Waals surface area contributed by atoms with Crippen LogP contribution in [0.15, 0.2) is 23.1 Å². The van der Waals surface area contributed by atoms with Crippen molar-refractivity contribution in [2.24, 2.45) is 0 Å². The van der Waals surface area contributed by atoms with Crippen LogP contribution in [-0.2, 0) is 6.42 Å². The van der Waals surface area contributed by atoms with Crippen LogP contribution >= 0.6 is 23.4 Å². The van der Waals surface area contributed by atoms with Gasteiger partial charge in [-0.25, -0.2) is 0 Å². The predicted molar refractivity (Wildman–Crippen MR) is 76.2 cm³/mol. The van der Waals surface area contributed by atoms with Crippen molar-refractivity contribution in [3.8, 4) is 0 Å². The summed E-state index contributed by atoms with van der Waals surface area (Å²) in [5.74, 6) is 0. The Hall–Kier alpha value is -0.220. The highest BCUT2D eigenvalue weighted by Crippen LogP contribution is 2.24. The van der Waals surface area contributed by atoms with Crippen molar-refractivity contribution in [1.29, 1.82) is 0 Å². The van der Waals surface area contributed by atoms with Crippen LogP contribution in [0.3, 0.4) is 0 Å². The first-order valence-corrected chi connectivity index (χ1v) is 7.65. The molecule has 2 rings (SSSR count). The molecule has 1 N–H and O–H groups in total. The highest BCUT2D eigenvalue weighted by Gasteiger charge is 2.10. The predicted octanol–water partition coefficient (Wildman–Crippen LogP) is 2.51. The maximum atomic E-state index is 6.06. The summed E-state index contributed by atoms with van der Waals surface area (Å²) in [6.45, 7) is 5.69. The molecule has 0 saturated carbocycles. The van der Waals surface area contributed by atoms with Gasteiger partial charge in [0.1, 0.15) is 0 Å². The van der Waals surface area contributed by atoms with Crippen LogP contribution in [0, 0.1) is 0 Å². The van der Waals surface area contributed by atoms with E-state index in [1.54, 1.807) is 11.8 Å². The summed E-state index contributed by atoms with van der Waals surface area (Å²) in [7, 11) is 0. The zero-order chi connectivity index (χ0) is 12.1. The number of nitrogens with zero attached hydrogens (tertiary/aromatic N) is 1. The minimum absolute atomic E-state index is 0.845. The molecule has 1 heterocycles. The van der Waals surface area contributed by atoms with Gasteiger partial charge in [0, 0.05) is 42.6 Å². The highest BCUT2D eigenvalue weighted by atomic mass is 35.5. The molecule has 1 aromatic rings. The lowest BCUT2D eigenvalue weighted by Gasteiger charge is -2.27. The van der Waals surface area contributed by atoms with E-state index in [0.717, 1.165) is 44.2 Å². The van der Waals surface area contributed by atoms with E-state index in [9.17, 15) is 0 Å². The first-order chi connectivity index (χ1) is 8.29. The molecule has 1 saturated heterocycles. The lowest BCUT2D eigenvalue weighted by atomic mass is 10.1. The second-order valence-electron chi connectivity index (χ2n) is 4.30. The smallest absolute Gasteiger partial charge is 0.0409 e. The Morgan fingerprint density at radius 1 is 1.35 bits per heavy atom. The number of halogens is 1. The van der Waals surface area contributed by atoms with Gasteiger partial charge in [-0.15, -0.1) is 11.8 Å². The monoisotopic (exact) mass is 270 g/mol. The summed E-state index contributed by atoms with van der Waals surface area (Å²) in [5.41, 5.74) is 1.38. The van der Waals surface area contributed by atoms with Crippen LogP contribution in [-0.4, -0.2) is 43.9 Å². The van der Waals surface area contributed by atoms with Gasteiger partial charge in [-0.05, 0) is 36.4 Å². The van der Waals surface area contributed by atoms with Crippen LogP contribution in [0.2, 0.25) is 5.02 Å². The second kappa shape index (κ2) is 6.64. The first kappa shape index (κ1) is 13.2. The van der Waals surface area contributed by atoms with Crippen molar-refractivity contribution in [2.75, 3.05) is 39.0 Å². The number of piperazine rings is 1. The van der Waals surface area contributed by atoms with Gasteiger partial charge in [-0.2, -0.15) is 0 Å². The molecular formula is C13H19ClN2S. The van der Waals surface area contributed by atoms with Crippen LogP contribution in [0.25, 0.3) is 0 Å². The van der Waals surface area contributed by atoms with E-state index in [2.05, 4.69) is 28.6 Å². The minimum Gasteiger partial charge on any atom is -0.314 e. The summed E-state index contributed by atoms with van der Waals surface area (Å²) in [6.07, 6.45) is 3.22. The zero-order valence-corrected chi connectivity index (χ0v) is 11.8. The topological polar surface area (TPSA) is 15.3 Å². The van der Waals surface area contributed by atoms with E-state index < -0.39 is 0 Å². The number of hydrogen-bond acceptors (Lipinski definition) is 3. The zero-order valence-electron chi connectivity index (χ0n) is 10.2. The van der Waals surface area contributed by atoms with E-state index in [4.69, 9.17) is 11.6 Å². The van der Waals surface area contributed by atoms with Gasteiger partial charge in [-0.3, -0.25) is 0 Å². The maximum absolute atomic E-state index is 6.06. The van der Waals surface area contributed by atoms with Gasteiger partial charge in [0.25, 0.3) is 0 Å². The number of thioether (sulfide) groups is 1. The molecule has 94 valence electrons. The van der Waals surface area contributed by atoms with E-state index >= 15 is 0 Å². The highest BCUT2D eigenvalue weighted by molar-refractivity contribution is 7.98. The van der Waals surface area contributed by atoms with Gasteiger partial charge in [0.05, 0.1) is 0 Å². The summed E-state index contributed by atoms with van der Waals surface area (Å²) in [4.78, 5) is 3.87. The number of nitrogens with one attached hydrogen (secondary N) is 1. The fourth-order valence-corrected chi connectivity index (χ4v) is 2.98. The fraction of sp³-hybridized carbons (Fsp3) is 0.538. The molecular weight excluding hydrogens is 252 g/mol. The fourth-order valence-electron chi connectivity index (χ4n) is 2.16. The normalized spacial score (nSPS) is 17.3. The molecule has 1 aromatic carbocycles. The Kier molecular flexibility index (Phi) is 5.16. The molecule has 0 spiro atoms. The number of hydrogen-bond donors (Lipinski definition) is 1. The van der Waals surface area contributed by atoms with E-state index in [-0.39, 0.29) is 0 Å². The summed E-state index contributed by atoms with van der Waals surface area (Å²) in [5, 5.41) is 4.22. The molecule has 0 aromatic heterocycles. The van der Waals surface area contributed by atoms with Crippen molar-refractivity contribution in [3.63, 3.8) is 0 Å². The Balaban J connectivity index is 1.95. The van der Waals surface area contributed by atoms with Crippen molar-refractivity contribution >= 4 is 23.4 Å². The minimum atomic E-state index is 0.845. The number of rotatable bonds is 4. The Labute approximate surface area is 113 Å². The Morgan fingerprint density at radius 2 is 2.12 bits per heavy atom. The van der Waals surface area contributed by atoms with E-state index in [0.29, 0.717) is 0 Å². The average molecular weight is 271 g/mol. The molecule has 17 heavy (non-hydrogen) atoms. The van der Waals surface area contributed by atoms with Crippen molar-refractivity contribution in [3.05, 3.63) is 28.8 Å². The van der Waals surface area contributed by atoms with Gasteiger partial charge in [-0.1, -0.05) is 11.6 Å². The lowest BCUT2D eigenvalue weighted by Crippen LogP contribution is -2.44. The quantitative estimate of drug-likeness (QED) is 0.847. The van der Waals surface area contributed by atoms with Crippen LogP contribution < -0.4 is 5.32 Å². The van der Waals surface area contributed by atoms with Crippen LogP contribution in [0.1, 0.15) is 5.56 Å². The third-order valence-electron chi connectivity index (χ3n) is 3.15. The summed E-state index contributed by atoms with van der Waals surface area (Å²) in [6, 6.07) is 6.21. The molecule has 1 fully saturated rings. The molecule has 0 radical (unpaired) electrons. The van der Waals surface area contributed by atoms with Crippen LogP contribution in [0.4, 0.5) is 0 Å². The molecule has 0 aliphatic carbocycles. The molecule has 2 nitrogen and oxygen atoms in total. The van der Waals surface area contributed by atoms with E-state index in [1.807, 2.05) is 6.07 Å². The SMILES string of the molecule is CSc1ccc(Cl)cc1CCN1CCNCC1. The number of benzene rings is 1. The largest absolute Gasteiger partial charge is 0.314 e. The molecule has 0 atom stereocenters. The molecule has 0 bridgehead atoms. The van der Waals surface area contributed by atoms with Gasteiger partial charge in [0.15, 0.2) is 0 Å².